The van der Waals surface area contributed by atoms with Crippen LogP contribution in [0.3, 0.4) is 0 Å². The summed E-state index contributed by atoms with van der Waals surface area (Å²) in [4.78, 5) is 22.0. The molecule has 33 heavy (non-hydrogen) atoms. The summed E-state index contributed by atoms with van der Waals surface area (Å²) in [6.45, 7) is 8.54. The molecule has 0 atom stereocenters. The van der Waals surface area contributed by atoms with Crippen molar-refractivity contribution in [3.8, 4) is 17.5 Å². The largest absolute Gasteiger partial charge is 0.373 e. The zero-order valence-corrected chi connectivity index (χ0v) is 20.3. The highest BCUT2D eigenvalue weighted by Crippen LogP contribution is 2.40. The average molecular weight is 460 g/mol. The Morgan fingerprint density at radius 1 is 1.12 bits per heavy atom. The molecule has 1 fully saturated rings. The van der Waals surface area contributed by atoms with Crippen LogP contribution in [-0.2, 0) is 9.59 Å². The van der Waals surface area contributed by atoms with Gasteiger partial charge in [0.15, 0.2) is 0 Å². The summed E-state index contributed by atoms with van der Waals surface area (Å²) in [5.41, 5.74) is 7.22. The maximum Gasteiger partial charge on any atom is 0.373 e. The molecule has 0 saturated heterocycles. The number of hydrogen-bond donors (Lipinski definition) is 1. The van der Waals surface area contributed by atoms with Crippen LogP contribution in [0.2, 0.25) is 19.6 Å². The van der Waals surface area contributed by atoms with Crippen molar-refractivity contribution < 1.29 is 14.0 Å². The highest BCUT2D eigenvalue weighted by molar-refractivity contribution is 6.83. The number of carbonyl (C=O) groups excluding carboxylic acids is 2. The van der Waals surface area contributed by atoms with Crippen molar-refractivity contribution in [1.29, 1.82) is 5.26 Å². The summed E-state index contributed by atoms with van der Waals surface area (Å²) in [6, 6.07) is 13.6. The average Bonchev–Trinajstić information content (AvgIpc) is 3.05. The quantitative estimate of drug-likeness (QED) is 0.395. The number of anilines is 2. The van der Waals surface area contributed by atoms with Gasteiger partial charge in [0.2, 0.25) is 0 Å². The molecule has 7 heteroatoms. The Kier molecular flexibility index (Phi) is 7.18. The second-order valence-corrected chi connectivity index (χ2v) is 13.9. The van der Waals surface area contributed by atoms with Crippen LogP contribution in [0, 0.1) is 35.5 Å². The van der Waals surface area contributed by atoms with Gasteiger partial charge in [-0.25, -0.2) is 4.39 Å². The van der Waals surface area contributed by atoms with Crippen LogP contribution in [0.15, 0.2) is 36.4 Å². The van der Waals surface area contributed by atoms with Crippen molar-refractivity contribution in [2.75, 3.05) is 4.90 Å². The third-order valence-electron chi connectivity index (χ3n) is 5.64. The van der Waals surface area contributed by atoms with E-state index in [2.05, 4.69) is 54.0 Å². The Morgan fingerprint density at radius 2 is 1.82 bits per heavy atom. The molecule has 0 amide bonds. The second-order valence-electron chi connectivity index (χ2n) is 9.17. The van der Waals surface area contributed by atoms with Crippen LogP contribution in [0.4, 0.5) is 15.9 Å². The highest BCUT2D eigenvalue weighted by atomic mass is 28.3. The normalized spacial score (nSPS) is 13.0. The monoisotopic (exact) mass is 459 g/mol. The number of aryl methyl sites for hydroxylation is 1. The predicted octanol–water partition coefficient (Wildman–Crippen LogP) is 5.82. The highest BCUT2D eigenvalue weighted by Gasteiger charge is 2.29. The van der Waals surface area contributed by atoms with Crippen molar-refractivity contribution in [3.05, 3.63) is 58.9 Å². The number of nitriles is 1. The molecule has 1 saturated carbocycles. The topological polar surface area (TPSA) is 77.0 Å². The first-order valence-corrected chi connectivity index (χ1v) is 14.3. The SMILES string of the molecule is Cc1c(N(c2ccc(C#C[Si](C)(C)C)c(F)c2)C2CCC2)[nH]c2cc(C#N)ccc12.O=C=O. The summed E-state index contributed by atoms with van der Waals surface area (Å²) in [5, 5.41) is 10.3. The number of hydrogen-bond acceptors (Lipinski definition) is 4. The van der Waals surface area contributed by atoms with E-state index >= 15 is 0 Å². The molecule has 0 unspecified atom stereocenters. The molecule has 5 nitrogen and oxygen atoms in total. The van der Waals surface area contributed by atoms with Crippen molar-refractivity contribution >= 4 is 36.6 Å². The van der Waals surface area contributed by atoms with Gasteiger partial charge in [-0.1, -0.05) is 31.6 Å². The fourth-order valence-corrected chi connectivity index (χ4v) is 4.32. The van der Waals surface area contributed by atoms with E-state index in [0.717, 1.165) is 40.8 Å². The molecular weight excluding hydrogens is 433 g/mol. The molecule has 1 heterocycles. The van der Waals surface area contributed by atoms with E-state index in [4.69, 9.17) is 9.59 Å². The van der Waals surface area contributed by atoms with E-state index < -0.39 is 8.07 Å². The first kappa shape index (κ1) is 24.0. The van der Waals surface area contributed by atoms with E-state index in [-0.39, 0.29) is 12.0 Å². The minimum Gasteiger partial charge on any atom is -0.341 e. The smallest absolute Gasteiger partial charge is 0.341 e. The van der Waals surface area contributed by atoms with Crippen LogP contribution >= 0.6 is 0 Å². The first-order valence-electron chi connectivity index (χ1n) is 10.8. The zero-order chi connectivity index (χ0) is 24.2. The molecule has 0 radical (unpaired) electrons. The summed E-state index contributed by atoms with van der Waals surface area (Å²) >= 11 is 0. The molecule has 2 aromatic carbocycles. The number of nitrogens with zero attached hydrogens (tertiary/aromatic N) is 2. The Morgan fingerprint density at radius 3 is 2.36 bits per heavy atom. The lowest BCUT2D eigenvalue weighted by Gasteiger charge is -2.39. The van der Waals surface area contributed by atoms with Crippen LogP contribution in [0.5, 0.6) is 0 Å². The number of fused-ring (bicyclic) bond motifs is 1. The van der Waals surface area contributed by atoms with Gasteiger partial charge >= 0.3 is 6.15 Å². The van der Waals surface area contributed by atoms with E-state index in [0.29, 0.717) is 17.2 Å². The maximum atomic E-state index is 14.9. The molecule has 1 N–H and O–H groups in total. The lowest BCUT2D eigenvalue weighted by molar-refractivity contribution is -0.191. The van der Waals surface area contributed by atoms with Gasteiger partial charge < -0.3 is 9.88 Å². The van der Waals surface area contributed by atoms with E-state index in [9.17, 15) is 9.65 Å². The second kappa shape index (κ2) is 9.88. The first-order chi connectivity index (χ1) is 15.7. The lowest BCUT2D eigenvalue weighted by atomic mass is 9.90. The van der Waals surface area contributed by atoms with Crippen molar-refractivity contribution in [2.24, 2.45) is 0 Å². The number of nitrogens with one attached hydrogen (secondary N) is 1. The van der Waals surface area contributed by atoms with Crippen molar-refractivity contribution in [2.45, 2.75) is 51.9 Å². The van der Waals surface area contributed by atoms with Gasteiger partial charge in [0.1, 0.15) is 19.7 Å². The number of aromatic nitrogens is 1. The van der Waals surface area contributed by atoms with E-state index in [1.807, 2.05) is 24.3 Å². The molecule has 3 aromatic rings. The number of halogens is 1. The van der Waals surface area contributed by atoms with Crippen LogP contribution in [-0.4, -0.2) is 25.3 Å². The number of benzene rings is 2. The van der Waals surface area contributed by atoms with E-state index in [1.54, 1.807) is 12.1 Å². The molecule has 0 spiro atoms. The summed E-state index contributed by atoms with van der Waals surface area (Å²) in [5.74, 6) is 3.74. The molecule has 1 aromatic heterocycles. The van der Waals surface area contributed by atoms with Crippen LogP contribution in [0.25, 0.3) is 10.9 Å². The standard InChI is InChI=1S/C25H26FN3Si.CO2/c1-17-22-11-8-18(16-27)14-24(22)28-25(17)29(20-6-5-7-20)21-10-9-19(23(26)15-21)12-13-30(2,3)4;2-1-3/h8-11,14-15,20,28H,5-7H2,1-4H3;. The number of aromatic amines is 1. The number of rotatable bonds is 3. The number of H-pyrrole nitrogens is 1. The molecule has 1 aliphatic rings. The van der Waals surface area contributed by atoms with Crippen LogP contribution in [0.1, 0.15) is 36.0 Å². The van der Waals surface area contributed by atoms with Crippen molar-refractivity contribution in [1.82, 2.24) is 4.98 Å². The van der Waals surface area contributed by atoms with Gasteiger partial charge in [-0.2, -0.15) is 14.9 Å². The molecule has 4 rings (SSSR count). The van der Waals surface area contributed by atoms with Crippen LogP contribution < -0.4 is 4.90 Å². The van der Waals surface area contributed by atoms with Gasteiger partial charge in [-0.15, -0.1) is 5.54 Å². The summed E-state index contributed by atoms with van der Waals surface area (Å²) in [6.07, 6.45) is 3.59. The molecular formula is C26H26FN3O2Si. The third kappa shape index (κ3) is 5.41. The Bertz CT molecular complexity index is 1310. The fraction of sp³-hybridized carbons (Fsp3) is 0.308. The van der Waals surface area contributed by atoms with E-state index in [1.165, 1.54) is 6.42 Å². The molecule has 1 aliphatic carbocycles. The minimum absolute atomic E-state index is 0.250. The fourth-order valence-electron chi connectivity index (χ4n) is 3.81. The van der Waals surface area contributed by atoms with Gasteiger partial charge in [0.25, 0.3) is 0 Å². The Balaban J connectivity index is 0.000000968. The lowest BCUT2D eigenvalue weighted by Crippen LogP contribution is -2.37. The molecule has 0 bridgehead atoms. The van der Waals surface area contributed by atoms with Crippen molar-refractivity contribution in [3.63, 3.8) is 0 Å². The maximum absolute atomic E-state index is 14.9. The molecule has 0 aliphatic heterocycles. The summed E-state index contributed by atoms with van der Waals surface area (Å²) < 4.78 is 14.9. The molecule has 168 valence electrons. The van der Waals surface area contributed by atoms with Gasteiger partial charge in [0.05, 0.1) is 17.2 Å². The summed E-state index contributed by atoms with van der Waals surface area (Å²) in [7, 11) is -1.57. The Labute approximate surface area is 194 Å². The predicted molar refractivity (Wildman–Crippen MR) is 129 cm³/mol. The minimum atomic E-state index is -1.57. The van der Waals surface area contributed by atoms with Gasteiger partial charge in [-0.05, 0) is 62.1 Å². The zero-order valence-electron chi connectivity index (χ0n) is 19.3. The van der Waals surface area contributed by atoms with Gasteiger partial charge in [0, 0.05) is 22.6 Å². The van der Waals surface area contributed by atoms with Gasteiger partial charge in [-0.3, -0.25) is 0 Å². The Hall–Kier alpha value is -3.64. The third-order valence-corrected chi connectivity index (χ3v) is 6.52.